The molecule has 0 unspecified atom stereocenters. The average Bonchev–Trinajstić information content (AvgIpc) is 3.21. The van der Waals surface area contributed by atoms with Crippen molar-refractivity contribution < 1.29 is 9.32 Å². The molecule has 0 aliphatic rings. The summed E-state index contributed by atoms with van der Waals surface area (Å²) >= 11 is 5.91. The van der Waals surface area contributed by atoms with Gasteiger partial charge in [-0.05, 0) is 18.6 Å². The highest BCUT2D eigenvalue weighted by atomic mass is 35.5. The number of carbonyl (C=O) groups excluding carboxylic acids is 1. The van der Waals surface area contributed by atoms with Gasteiger partial charge in [0.1, 0.15) is 28.4 Å². The van der Waals surface area contributed by atoms with Crippen molar-refractivity contribution in [3.8, 4) is 11.3 Å². The Morgan fingerprint density at radius 1 is 1.28 bits per heavy atom. The minimum atomic E-state index is -0.372. The number of hydrogen-bond acceptors (Lipinski definition) is 5. The number of aromatic nitrogens is 4. The van der Waals surface area contributed by atoms with Crippen LogP contribution in [0.3, 0.4) is 0 Å². The van der Waals surface area contributed by atoms with Gasteiger partial charge in [0.25, 0.3) is 5.91 Å². The highest BCUT2D eigenvalue weighted by Gasteiger charge is 2.19. The van der Waals surface area contributed by atoms with Crippen LogP contribution >= 0.6 is 11.6 Å². The number of nitrogens with one attached hydrogen (secondary N) is 1. The van der Waals surface area contributed by atoms with Gasteiger partial charge < -0.3 is 9.84 Å². The quantitative estimate of drug-likeness (QED) is 0.569. The molecule has 4 rings (SSSR count). The monoisotopic (exact) mass is 353 g/mol. The molecule has 0 aliphatic carbocycles. The summed E-state index contributed by atoms with van der Waals surface area (Å²) in [5, 5.41) is 11.2. The number of anilines is 1. The van der Waals surface area contributed by atoms with Crippen molar-refractivity contribution in [2.24, 2.45) is 0 Å². The zero-order chi connectivity index (χ0) is 17.4. The number of carbonyl (C=O) groups is 1. The number of nitrogens with zero attached hydrogens (tertiary/aromatic N) is 4. The van der Waals surface area contributed by atoms with Gasteiger partial charge in [-0.15, -0.1) is 0 Å². The molecule has 3 heterocycles. The standard InChI is InChI=1S/C17H12ClN5O2/c1-10-4-2-3-5-11(10)15-13(9-25-22-15)20-17(24)12-8-19-23-7-6-14(18)21-16(12)23/h2-9H,1H3,(H,20,24). The fraction of sp³-hybridized carbons (Fsp3) is 0.0588. The Balaban J connectivity index is 1.69. The number of aryl methyl sites for hydroxylation is 1. The van der Waals surface area contributed by atoms with Gasteiger partial charge in [-0.25, -0.2) is 9.50 Å². The van der Waals surface area contributed by atoms with Gasteiger partial charge in [0, 0.05) is 11.8 Å². The Bertz CT molecular complexity index is 1090. The van der Waals surface area contributed by atoms with E-state index in [1.165, 1.54) is 17.0 Å². The van der Waals surface area contributed by atoms with Crippen molar-refractivity contribution in [3.05, 3.63) is 65.3 Å². The Hall–Kier alpha value is -3.19. The molecule has 1 aromatic carbocycles. The molecule has 0 fully saturated rings. The van der Waals surface area contributed by atoms with E-state index >= 15 is 0 Å². The maximum Gasteiger partial charge on any atom is 0.261 e. The second-order valence-corrected chi connectivity index (χ2v) is 5.81. The smallest absolute Gasteiger partial charge is 0.261 e. The van der Waals surface area contributed by atoms with E-state index in [1.54, 1.807) is 12.3 Å². The van der Waals surface area contributed by atoms with Crippen LogP contribution in [-0.2, 0) is 0 Å². The van der Waals surface area contributed by atoms with Crippen LogP contribution in [0, 0.1) is 6.92 Å². The lowest BCUT2D eigenvalue weighted by molar-refractivity contribution is 0.102. The lowest BCUT2D eigenvalue weighted by Crippen LogP contribution is -2.12. The molecule has 0 saturated heterocycles. The van der Waals surface area contributed by atoms with Crippen LogP contribution in [0.2, 0.25) is 5.15 Å². The van der Waals surface area contributed by atoms with E-state index in [4.69, 9.17) is 16.1 Å². The van der Waals surface area contributed by atoms with Crippen LogP contribution in [0.1, 0.15) is 15.9 Å². The summed E-state index contributed by atoms with van der Waals surface area (Å²) in [5.74, 6) is -0.372. The topological polar surface area (TPSA) is 85.3 Å². The van der Waals surface area contributed by atoms with Crippen molar-refractivity contribution in [2.45, 2.75) is 6.92 Å². The van der Waals surface area contributed by atoms with Gasteiger partial charge in [-0.2, -0.15) is 5.10 Å². The molecule has 1 N–H and O–H groups in total. The third kappa shape index (κ3) is 2.74. The van der Waals surface area contributed by atoms with Crippen molar-refractivity contribution in [1.82, 2.24) is 19.8 Å². The summed E-state index contributed by atoms with van der Waals surface area (Å²) in [6.45, 7) is 1.97. The summed E-state index contributed by atoms with van der Waals surface area (Å²) < 4.78 is 6.54. The van der Waals surface area contributed by atoms with Gasteiger partial charge in [0.15, 0.2) is 5.65 Å². The minimum Gasteiger partial charge on any atom is -0.362 e. The second kappa shape index (κ2) is 6.03. The molecule has 0 spiro atoms. The normalized spacial score (nSPS) is 11.0. The lowest BCUT2D eigenvalue weighted by atomic mass is 10.1. The van der Waals surface area contributed by atoms with E-state index in [0.717, 1.165) is 11.1 Å². The zero-order valence-electron chi connectivity index (χ0n) is 13.1. The maximum absolute atomic E-state index is 12.6. The molecule has 0 aliphatic heterocycles. The van der Waals surface area contributed by atoms with E-state index in [1.807, 2.05) is 31.2 Å². The third-order valence-corrected chi connectivity index (χ3v) is 4.01. The van der Waals surface area contributed by atoms with Crippen molar-refractivity contribution in [1.29, 1.82) is 0 Å². The van der Waals surface area contributed by atoms with Gasteiger partial charge in [0.05, 0.1) is 6.20 Å². The number of amides is 1. The molecule has 8 heteroatoms. The molecule has 0 bridgehead atoms. The first-order valence-corrected chi connectivity index (χ1v) is 7.83. The van der Waals surface area contributed by atoms with Crippen LogP contribution in [0.4, 0.5) is 5.69 Å². The molecule has 4 aromatic rings. The van der Waals surface area contributed by atoms with E-state index in [9.17, 15) is 4.79 Å². The van der Waals surface area contributed by atoms with E-state index in [2.05, 4.69) is 20.6 Å². The largest absolute Gasteiger partial charge is 0.362 e. The van der Waals surface area contributed by atoms with Gasteiger partial charge >= 0.3 is 0 Å². The van der Waals surface area contributed by atoms with Crippen LogP contribution in [-0.4, -0.2) is 25.7 Å². The van der Waals surface area contributed by atoms with E-state index in [0.29, 0.717) is 22.6 Å². The van der Waals surface area contributed by atoms with Gasteiger partial charge in [0.2, 0.25) is 0 Å². The SMILES string of the molecule is Cc1ccccc1-c1nocc1NC(=O)c1cnn2ccc(Cl)nc12. The highest BCUT2D eigenvalue weighted by molar-refractivity contribution is 6.29. The number of rotatable bonds is 3. The average molecular weight is 354 g/mol. The number of halogens is 1. The molecule has 124 valence electrons. The number of fused-ring (bicyclic) bond motifs is 1. The zero-order valence-corrected chi connectivity index (χ0v) is 13.9. The molecule has 0 atom stereocenters. The number of hydrogen-bond donors (Lipinski definition) is 1. The fourth-order valence-electron chi connectivity index (χ4n) is 2.55. The summed E-state index contributed by atoms with van der Waals surface area (Å²) in [4.78, 5) is 16.8. The molecule has 0 radical (unpaired) electrons. The maximum atomic E-state index is 12.6. The first-order chi connectivity index (χ1) is 12.1. The lowest BCUT2D eigenvalue weighted by Gasteiger charge is -2.06. The van der Waals surface area contributed by atoms with E-state index < -0.39 is 0 Å². The molecule has 7 nitrogen and oxygen atoms in total. The summed E-state index contributed by atoms with van der Waals surface area (Å²) in [7, 11) is 0. The molecule has 0 saturated carbocycles. The fourth-order valence-corrected chi connectivity index (χ4v) is 2.69. The van der Waals surface area contributed by atoms with Gasteiger partial charge in [-0.1, -0.05) is 41.0 Å². The van der Waals surface area contributed by atoms with Gasteiger partial charge in [-0.3, -0.25) is 4.79 Å². The van der Waals surface area contributed by atoms with Crippen LogP contribution in [0.5, 0.6) is 0 Å². The van der Waals surface area contributed by atoms with Crippen LogP contribution in [0.15, 0.2) is 53.5 Å². The first kappa shape index (κ1) is 15.3. The highest BCUT2D eigenvalue weighted by Crippen LogP contribution is 2.29. The molecule has 3 aromatic heterocycles. The molecular weight excluding hydrogens is 342 g/mol. The van der Waals surface area contributed by atoms with Crippen molar-refractivity contribution in [3.63, 3.8) is 0 Å². The second-order valence-electron chi connectivity index (χ2n) is 5.42. The van der Waals surface area contributed by atoms with E-state index in [-0.39, 0.29) is 11.1 Å². The summed E-state index contributed by atoms with van der Waals surface area (Å²) in [6, 6.07) is 9.32. The van der Waals surface area contributed by atoms with Crippen molar-refractivity contribution in [2.75, 3.05) is 5.32 Å². The molecular formula is C17H12ClN5O2. The molecule has 25 heavy (non-hydrogen) atoms. The van der Waals surface area contributed by atoms with Crippen molar-refractivity contribution >= 4 is 28.8 Å². The Morgan fingerprint density at radius 3 is 2.96 bits per heavy atom. The molecule has 1 amide bonds. The predicted molar refractivity (Wildman–Crippen MR) is 92.6 cm³/mol. The Morgan fingerprint density at radius 2 is 2.12 bits per heavy atom. The summed E-state index contributed by atoms with van der Waals surface area (Å²) in [5.41, 5.74) is 3.62. The Kier molecular flexibility index (Phi) is 3.70. The van der Waals surface area contributed by atoms with Crippen LogP contribution in [0.25, 0.3) is 16.9 Å². The van der Waals surface area contributed by atoms with Crippen LogP contribution < -0.4 is 5.32 Å². The first-order valence-electron chi connectivity index (χ1n) is 7.45. The predicted octanol–water partition coefficient (Wildman–Crippen LogP) is 3.60. The number of benzene rings is 1. The summed E-state index contributed by atoms with van der Waals surface area (Å²) in [6.07, 6.45) is 4.47. The Labute approximate surface area is 147 Å². The minimum absolute atomic E-state index is 0.285. The third-order valence-electron chi connectivity index (χ3n) is 3.80.